The zero-order valence-electron chi connectivity index (χ0n) is 16.2. The van der Waals surface area contributed by atoms with Crippen LogP contribution in [0.1, 0.15) is 30.5 Å². The molecule has 1 saturated carbocycles. The Balaban J connectivity index is 1.34. The Labute approximate surface area is 176 Å². The summed E-state index contributed by atoms with van der Waals surface area (Å²) in [5, 5.41) is 0.725. The smallest absolute Gasteiger partial charge is 0.119 e. The van der Waals surface area contributed by atoms with Crippen molar-refractivity contribution in [3.63, 3.8) is 0 Å². The molecule has 0 aliphatic heterocycles. The maximum absolute atomic E-state index is 5.94. The molecule has 146 valence electrons. The fourth-order valence-electron chi connectivity index (χ4n) is 3.17. The van der Waals surface area contributed by atoms with Gasteiger partial charge in [-0.2, -0.15) is 0 Å². The summed E-state index contributed by atoms with van der Waals surface area (Å²) in [6, 6.07) is 19.5. The number of ether oxygens (including phenoxy) is 1. The number of pyridine rings is 1. The standard InChI is InChI=1S/C25H23ClN2O/c26-22-7-4-20(5-8-22)21-6-10-23(28-17-21)9-1-19-2-11-24(12-3-19)29-16-15-25(18-27)13-14-25/h2-8,10-12,17H,13-16,18,27H2. The van der Waals surface area contributed by atoms with Crippen LogP contribution in [0.25, 0.3) is 11.1 Å². The van der Waals surface area contributed by atoms with Crippen molar-refractivity contribution in [1.29, 1.82) is 0 Å². The minimum absolute atomic E-state index is 0.349. The molecule has 2 aromatic carbocycles. The van der Waals surface area contributed by atoms with Crippen molar-refractivity contribution in [3.05, 3.63) is 83.1 Å². The van der Waals surface area contributed by atoms with Crippen molar-refractivity contribution in [2.75, 3.05) is 13.2 Å². The molecular formula is C25H23ClN2O. The zero-order valence-corrected chi connectivity index (χ0v) is 17.0. The number of nitrogens with zero attached hydrogens (tertiary/aromatic N) is 1. The summed E-state index contributed by atoms with van der Waals surface area (Å²) < 4.78 is 5.84. The van der Waals surface area contributed by atoms with Gasteiger partial charge in [0.15, 0.2) is 0 Å². The molecule has 0 bridgehead atoms. The summed E-state index contributed by atoms with van der Waals surface area (Å²) in [5.41, 5.74) is 9.95. The van der Waals surface area contributed by atoms with Crippen LogP contribution in [0.2, 0.25) is 5.02 Å². The van der Waals surface area contributed by atoms with Crippen LogP contribution < -0.4 is 10.5 Å². The van der Waals surface area contributed by atoms with Gasteiger partial charge < -0.3 is 10.5 Å². The summed E-state index contributed by atoms with van der Waals surface area (Å²) in [5.74, 6) is 7.13. The van der Waals surface area contributed by atoms with Crippen LogP contribution in [0, 0.1) is 17.3 Å². The first-order chi connectivity index (χ1) is 14.2. The Morgan fingerprint density at radius 2 is 1.66 bits per heavy atom. The van der Waals surface area contributed by atoms with Crippen LogP contribution >= 0.6 is 11.6 Å². The Bertz CT molecular complexity index is 1010. The SMILES string of the molecule is NCC1(CCOc2ccc(C#Cc3ccc(-c4ccc(Cl)cc4)cn3)cc2)CC1. The van der Waals surface area contributed by atoms with Crippen LogP contribution in [0.5, 0.6) is 5.75 Å². The maximum Gasteiger partial charge on any atom is 0.119 e. The van der Waals surface area contributed by atoms with E-state index in [4.69, 9.17) is 22.1 Å². The van der Waals surface area contributed by atoms with Crippen LogP contribution in [0.4, 0.5) is 0 Å². The molecule has 0 atom stereocenters. The summed E-state index contributed by atoms with van der Waals surface area (Å²) in [6.45, 7) is 1.48. The van der Waals surface area contributed by atoms with Gasteiger partial charge in [0.2, 0.25) is 0 Å². The lowest BCUT2D eigenvalue weighted by atomic mass is 10.0. The second kappa shape index (κ2) is 8.69. The van der Waals surface area contributed by atoms with Gasteiger partial charge in [-0.1, -0.05) is 35.7 Å². The van der Waals surface area contributed by atoms with Gasteiger partial charge in [0, 0.05) is 22.3 Å². The molecule has 0 amide bonds. The van der Waals surface area contributed by atoms with E-state index < -0.39 is 0 Å². The van der Waals surface area contributed by atoms with E-state index in [1.807, 2.05) is 66.9 Å². The van der Waals surface area contributed by atoms with E-state index in [0.29, 0.717) is 12.0 Å². The molecule has 1 aromatic heterocycles. The minimum Gasteiger partial charge on any atom is -0.494 e. The predicted octanol–water partition coefficient (Wildman–Crippen LogP) is 5.31. The number of aromatic nitrogens is 1. The zero-order chi connectivity index (χ0) is 20.1. The molecular weight excluding hydrogens is 380 g/mol. The van der Waals surface area contributed by atoms with Crippen LogP contribution in [0.15, 0.2) is 66.9 Å². The summed E-state index contributed by atoms with van der Waals surface area (Å²) in [7, 11) is 0. The largest absolute Gasteiger partial charge is 0.494 e. The van der Waals surface area contributed by atoms with E-state index >= 15 is 0 Å². The van der Waals surface area contributed by atoms with Crippen LogP contribution in [0.3, 0.4) is 0 Å². The lowest BCUT2D eigenvalue weighted by Gasteiger charge is -2.12. The van der Waals surface area contributed by atoms with E-state index in [1.54, 1.807) is 0 Å². The van der Waals surface area contributed by atoms with E-state index in [1.165, 1.54) is 12.8 Å². The number of rotatable bonds is 6. The lowest BCUT2D eigenvalue weighted by Crippen LogP contribution is -2.18. The highest BCUT2D eigenvalue weighted by molar-refractivity contribution is 6.30. The fourth-order valence-corrected chi connectivity index (χ4v) is 3.30. The Kier molecular flexibility index (Phi) is 5.85. The van der Waals surface area contributed by atoms with Gasteiger partial charge in [-0.3, -0.25) is 0 Å². The second-order valence-electron chi connectivity index (χ2n) is 7.52. The van der Waals surface area contributed by atoms with Gasteiger partial charge in [0.25, 0.3) is 0 Å². The number of benzene rings is 2. The van der Waals surface area contributed by atoms with Crippen molar-refractivity contribution >= 4 is 11.6 Å². The van der Waals surface area contributed by atoms with Gasteiger partial charge in [0.1, 0.15) is 11.4 Å². The molecule has 0 unspecified atom stereocenters. The number of halogens is 1. The van der Waals surface area contributed by atoms with Crippen molar-refractivity contribution in [3.8, 4) is 28.7 Å². The molecule has 4 heteroatoms. The normalized spacial score (nSPS) is 14.0. The van der Waals surface area contributed by atoms with Crippen molar-refractivity contribution in [1.82, 2.24) is 4.98 Å². The molecule has 4 rings (SSSR count). The van der Waals surface area contributed by atoms with E-state index in [0.717, 1.165) is 46.1 Å². The maximum atomic E-state index is 5.94. The molecule has 0 radical (unpaired) electrons. The van der Waals surface area contributed by atoms with Crippen molar-refractivity contribution < 1.29 is 4.74 Å². The third kappa shape index (κ3) is 5.17. The van der Waals surface area contributed by atoms with Gasteiger partial charge in [-0.25, -0.2) is 4.98 Å². The third-order valence-electron chi connectivity index (χ3n) is 5.42. The second-order valence-corrected chi connectivity index (χ2v) is 7.95. The van der Waals surface area contributed by atoms with Gasteiger partial charge in [-0.15, -0.1) is 0 Å². The first-order valence-electron chi connectivity index (χ1n) is 9.83. The number of nitrogens with two attached hydrogens (primary N) is 1. The van der Waals surface area contributed by atoms with Crippen molar-refractivity contribution in [2.45, 2.75) is 19.3 Å². The summed E-state index contributed by atoms with van der Waals surface area (Å²) in [4.78, 5) is 4.45. The molecule has 1 heterocycles. The molecule has 0 spiro atoms. The van der Waals surface area contributed by atoms with Gasteiger partial charge in [0.05, 0.1) is 6.61 Å². The van der Waals surface area contributed by atoms with Crippen molar-refractivity contribution in [2.24, 2.45) is 11.1 Å². The van der Waals surface area contributed by atoms with Crippen LogP contribution in [-0.2, 0) is 0 Å². The molecule has 3 aromatic rings. The Morgan fingerprint density at radius 3 is 2.28 bits per heavy atom. The quantitative estimate of drug-likeness (QED) is 0.568. The minimum atomic E-state index is 0.349. The molecule has 0 saturated heterocycles. The highest BCUT2D eigenvalue weighted by atomic mass is 35.5. The lowest BCUT2D eigenvalue weighted by molar-refractivity contribution is 0.271. The highest BCUT2D eigenvalue weighted by Crippen LogP contribution is 2.47. The Morgan fingerprint density at radius 1 is 0.931 bits per heavy atom. The fraction of sp³-hybridized carbons (Fsp3) is 0.240. The number of hydrogen-bond acceptors (Lipinski definition) is 3. The molecule has 1 aliphatic rings. The molecule has 2 N–H and O–H groups in total. The predicted molar refractivity (Wildman–Crippen MR) is 118 cm³/mol. The average Bonchev–Trinajstić information content (AvgIpc) is 3.54. The van der Waals surface area contributed by atoms with E-state index in [2.05, 4.69) is 16.8 Å². The molecule has 3 nitrogen and oxygen atoms in total. The topological polar surface area (TPSA) is 48.1 Å². The average molecular weight is 403 g/mol. The van der Waals surface area contributed by atoms with Gasteiger partial charge in [-0.05, 0) is 85.2 Å². The summed E-state index contributed by atoms with van der Waals surface area (Å²) >= 11 is 5.94. The van der Waals surface area contributed by atoms with E-state index in [-0.39, 0.29) is 0 Å². The highest BCUT2D eigenvalue weighted by Gasteiger charge is 2.40. The van der Waals surface area contributed by atoms with Crippen LogP contribution in [-0.4, -0.2) is 18.1 Å². The number of hydrogen-bond donors (Lipinski definition) is 1. The first-order valence-corrected chi connectivity index (χ1v) is 10.2. The molecule has 29 heavy (non-hydrogen) atoms. The van der Waals surface area contributed by atoms with E-state index in [9.17, 15) is 0 Å². The molecule has 1 fully saturated rings. The first kappa shape index (κ1) is 19.5. The Hall–Kier alpha value is -2.80. The monoisotopic (exact) mass is 402 g/mol. The molecule has 1 aliphatic carbocycles. The van der Waals surface area contributed by atoms with Gasteiger partial charge >= 0.3 is 0 Å². The summed E-state index contributed by atoms with van der Waals surface area (Å²) in [6.07, 6.45) is 5.33. The third-order valence-corrected chi connectivity index (χ3v) is 5.67.